The molecule has 0 spiro atoms. The molecule has 4 rings (SSSR count). The van der Waals surface area contributed by atoms with Gasteiger partial charge in [-0.15, -0.1) is 0 Å². The van der Waals surface area contributed by atoms with Gasteiger partial charge in [-0.2, -0.15) is 4.57 Å². The highest BCUT2D eigenvalue weighted by Crippen LogP contribution is 2.34. The van der Waals surface area contributed by atoms with Crippen molar-refractivity contribution in [3.8, 4) is 28.6 Å². The Morgan fingerprint density at radius 3 is 1.50 bits per heavy atom. The summed E-state index contributed by atoms with van der Waals surface area (Å²) in [4.78, 5) is 13.7. The van der Waals surface area contributed by atoms with Gasteiger partial charge >= 0.3 is 11.4 Å². The average molecular weight is 529 g/mol. The SMILES string of the molecule is Cc1cc(C)c(-n2c(-c3c(F)c(F)c(F)c(F)c3F)[n+](-c3c(C)cc(C)cc3C)c([O-])c(C)c2=O)c(C)c1. The van der Waals surface area contributed by atoms with Gasteiger partial charge in [-0.1, -0.05) is 35.4 Å². The highest BCUT2D eigenvalue weighted by molar-refractivity contribution is 5.63. The van der Waals surface area contributed by atoms with Crippen LogP contribution in [-0.4, -0.2) is 4.57 Å². The molecule has 0 fully saturated rings. The number of aromatic nitrogens is 2. The Kier molecular flexibility index (Phi) is 6.67. The van der Waals surface area contributed by atoms with Crippen molar-refractivity contribution in [2.24, 2.45) is 0 Å². The molecule has 198 valence electrons. The second-order valence-corrected chi connectivity index (χ2v) is 9.67. The minimum Gasteiger partial charge on any atom is -0.842 e. The van der Waals surface area contributed by atoms with E-state index in [-0.39, 0.29) is 16.9 Å². The standard InChI is InChI=1S/C29H25F5N2O2/c1-12-8-14(3)25(15(4)9-12)35-27(19-20(30)22(32)24(34)23(33)21(19)31)36(29(38)18(7)28(35)37)26-16(5)10-13(2)11-17(26)6/h8-11H,1-7H3. The first-order chi connectivity index (χ1) is 17.7. The summed E-state index contributed by atoms with van der Waals surface area (Å²) in [6, 6.07) is 6.85. The summed E-state index contributed by atoms with van der Waals surface area (Å²) in [6.45, 7) is 11.5. The third-order valence-corrected chi connectivity index (χ3v) is 6.62. The minimum absolute atomic E-state index is 0.166. The second-order valence-electron chi connectivity index (χ2n) is 9.67. The minimum atomic E-state index is -2.34. The van der Waals surface area contributed by atoms with Crippen LogP contribution in [0.4, 0.5) is 22.0 Å². The van der Waals surface area contributed by atoms with E-state index >= 15 is 8.78 Å². The lowest BCUT2D eigenvalue weighted by molar-refractivity contribution is -0.646. The van der Waals surface area contributed by atoms with Crippen molar-refractivity contribution >= 4 is 0 Å². The molecule has 0 aliphatic heterocycles. The van der Waals surface area contributed by atoms with Gasteiger partial charge in [0.2, 0.25) is 5.82 Å². The van der Waals surface area contributed by atoms with Crippen LogP contribution in [0.2, 0.25) is 0 Å². The molecule has 9 heteroatoms. The molecule has 1 heterocycles. The van der Waals surface area contributed by atoms with Crippen LogP contribution < -0.4 is 15.2 Å². The van der Waals surface area contributed by atoms with Gasteiger partial charge in [0.1, 0.15) is 16.9 Å². The van der Waals surface area contributed by atoms with Crippen molar-refractivity contribution in [2.45, 2.75) is 48.5 Å². The van der Waals surface area contributed by atoms with E-state index in [1.54, 1.807) is 52.0 Å². The molecule has 0 unspecified atom stereocenters. The molecule has 4 aromatic rings. The number of aryl methyl sites for hydroxylation is 6. The molecule has 0 amide bonds. The van der Waals surface area contributed by atoms with E-state index < -0.39 is 51.9 Å². The van der Waals surface area contributed by atoms with Gasteiger partial charge in [-0.05, 0) is 70.7 Å². The summed E-state index contributed by atoms with van der Waals surface area (Å²) in [5.74, 6) is -12.7. The molecule has 0 bridgehead atoms. The average Bonchev–Trinajstić information content (AvgIpc) is 2.82. The molecular formula is C29H25F5N2O2. The largest absolute Gasteiger partial charge is 0.842 e. The Morgan fingerprint density at radius 1 is 0.658 bits per heavy atom. The Labute approximate surface area is 216 Å². The van der Waals surface area contributed by atoms with Crippen LogP contribution in [0.3, 0.4) is 0 Å². The first kappa shape index (κ1) is 27.0. The summed E-state index contributed by atoms with van der Waals surface area (Å²) in [7, 11) is 0. The Morgan fingerprint density at radius 2 is 1.05 bits per heavy atom. The number of rotatable bonds is 3. The van der Waals surface area contributed by atoms with Gasteiger partial charge in [0, 0.05) is 0 Å². The van der Waals surface area contributed by atoms with Gasteiger partial charge in [-0.25, -0.2) is 31.3 Å². The zero-order chi connectivity index (χ0) is 28.4. The summed E-state index contributed by atoms with van der Waals surface area (Å²) < 4.78 is 75.7. The molecule has 0 aliphatic carbocycles. The lowest BCUT2D eigenvalue weighted by Gasteiger charge is -2.23. The van der Waals surface area contributed by atoms with Gasteiger partial charge in [0.05, 0.1) is 11.4 Å². The van der Waals surface area contributed by atoms with Gasteiger partial charge in [0.15, 0.2) is 23.3 Å². The van der Waals surface area contributed by atoms with E-state index in [1.165, 1.54) is 6.92 Å². The van der Waals surface area contributed by atoms with Crippen molar-refractivity contribution < 1.29 is 31.6 Å². The van der Waals surface area contributed by atoms with E-state index in [9.17, 15) is 23.1 Å². The van der Waals surface area contributed by atoms with Crippen LogP contribution in [0.1, 0.15) is 38.9 Å². The summed E-state index contributed by atoms with van der Waals surface area (Å²) in [5.41, 5.74) is 1.35. The van der Waals surface area contributed by atoms with E-state index in [2.05, 4.69) is 0 Å². The number of nitrogens with zero attached hydrogens (tertiary/aromatic N) is 2. The zero-order valence-electron chi connectivity index (χ0n) is 21.9. The van der Waals surface area contributed by atoms with Crippen LogP contribution in [0, 0.1) is 77.6 Å². The van der Waals surface area contributed by atoms with E-state index in [4.69, 9.17) is 0 Å². The monoisotopic (exact) mass is 528 g/mol. The fraction of sp³-hybridized carbons (Fsp3) is 0.241. The topological polar surface area (TPSA) is 48.9 Å². The quantitative estimate of drug-likeness (QED) is 0.148. The number of benzene rings is 3. The van der Waals surface area contributed by atoms with Crippen molar-refractivity contribution in [3.05, 3.63) is 103 Å². The fourth-order valence-electron chi connectivity index (χ4n) is 5.21. The Bertz CT molecular complexity index is 1650. The van der Waals surface area contributed by atoms with Gasteiger partial charge in [-0.3, -0.25) is 0 Å². The lowest BCUT2D eigenvalue weighted by Crippen LogP contribution is -2.47. The maximum absolute atomic E-state index is 15.4. The van der Waals surface area contributed by atoms with Crippen LogP contribution >= 0.6 is 0 Å². The van der Waals surface area contributed by atoms with Crippen LogP contribution in [0.5, 0.6) is 5.88 Å². The van der Waals surface area contributed by atoms with Gasteiger partial charge in [0.25, 0.3) is 0 Å². The maximum Gasteiger partial charge on any atom is 0.345 e. The fourth-order valence-corrected chi connectivity index (χ4v) is 5.21. The Balaban J connectivity index is 2.42. The number of hydrogen-bond donors (Lipinski definition) is 0. The third kappa shape index (κ3) is 3.97. The highest BCUT2D eigenvalue weighted by Gasteiger charge is 2.38. The molecule has 38 heavy (non-hydrogen) atoms. The van der Waals surface area contributed by atoms with E-state index in [0.29, 0.717) is 22.3 Å². The molecule has 1 aromatic heterocycles. The van der Waals surface area contributed by atoms with Gasteiger partial charge < -0.3 is 5.11 Å². The molecule has 0 saturated carbocycles. The molecule has 3 aromatic carbocycles. The zero-order valence-corrected chi connectivity index (χ0v) is 21.9. The predicted molar refractivity (Wildman–Crippen MR) is 131 cm³/mol. The highest BCUT2D eigenvalue weighted by atomic mass is 19.2. The smallest absolute Gasteiger partial charge is 0.345 e. The lowest BCUT2D eigenvalue weighted by atomic mass is 10.0. The van der Waals surface area contributed by atoms with Crippen LogP contribution in [0.15, 0.2) is 29.1 Å². The first-order valence-electron chi connectivity index (χ1n) is 11.8. The van der Waals surface area contributed by atoms with E-state index in [1.807, 2.05) is 13.8 Å². The molecule has 0 atom stereocenters. The molecular weight excluding hydrogens is 503 g/mol. The summed E-state index contributed by atoms with van der Waals surface area (Å²) in [6.07, 6.45) is 0. The van der Waals surface area contributed by atoms with Crippen molar-refractivity contribution in [2.75, 3.05) is 0 Å². The Hall–Kier alpha value is -4.01. The number of hydrogen-bond acceptors (Lipinski definition) is 2. The van der Waals surface area contributed by atoms with Crippen molar-refractivity contribution in [3.63, 3.8) is 0 Å². The summed E-state index contributed by atoms with van der Waals surface area (Å²) >= 11 is 0. The van der Waals surface area contributed by atoms with E-state index in [0.717, 1.165) is 20.3 Å². The first-order valence-corrected chi connectivity index (χ1v) is 11.8. The van der Waals surface area contributed by atoms with Crippen LogP contribution in [0.25, 0.3) is 22.8 Å². The van der Waals surface area contributed by atoms with Crippen molar-refractivity contribution in [1.82, 2.24) is 4.57 Å². The number of halogens is 5. The molecule has 0 N–H and O–H groups in total. The second kappa shape index (κ2) is 9.38. The molecule has 0 aliphatic rings. The maximum atomic E-state index is 15.4. The molecule has 0 radical (unpaired) electrons. The molecule has 4 nitrogen and oxygen atoms in total. The molecule has 0 saturated heterocycles. The normalized spacial score (nSPS) is 11.4. The summed E-state index contributed by atoms with van der Waals surface area (Å²) in [5, 5.41) is 13.7. The van der Waals surface area contributed by atoms with Crippen molar-refractivity contribution in [1.29, 1.82) is 0 Å². The third-order valence-electron chi connectivity index (χ3n) is 6.62. The predicted octanol–water partition coefficient (Wildman–Crippen LogP) is 5.71. The van der Waals surface area contributed by atoms with Crippen LogP contribution in [-0.2, 0) is 0 Å².